The molecule has 0 aromatic carbocycles. The van der Waals surface area contributed by atoms with Crippen molar-refractivity contribution in [3.63, 3.8) is 0 Å². The van der Waals surface area contributed by atoms with Gasteiger partial charge in [0.25, 0.3) is 0 Å². The number of hydrogen-bond donors (Lipinski definition) is 0. The van der Waals surface area contributed by atoms with E-state index in [4.69, 9.17) is 21.1 Å². The minimum atomic E-state index is 0.186. The van der Waals surface area contributed by atoms with E-state index in [9.17, 15) is 0 Å². The molecule has 0 bridgehead atoms. The minimum absolute atomic E-state index is 0.186. The number of morpholine rings is 1. The summed E-state index contributed by atoms with van der Waals surface area (Å²) in [5.74, 6) is 1.37. The molecule has 6 nitrogen and oxygen atoms in total. The largest absolute Gasteiger partial charge is 0.460 e. The summed E-state index contributed by atoms with van der Waals surface area (Å²) in [4.78, 5) is 14.8. The highest BCUT2D eigenvalue weighted by Crippen LogP contribution is 2.27. The standard InChI is InChI=1S/C14H21ClN4O2/c1-10-2-4-11(5-3-10)21-14-17-12(15)16-13(18-14)19-6-8-20-9-7-19/h10-11H,2-9H2,1H3. The van der Waals surface area contributed by atoms with Gasteiger partial charge in [-0.1, -0.05) is 6.92 Å². The van der Waals surface area contributed by atoms with Crippen LogP contribution in [0.3, 0.4) is 0 Å². The molecule has 0 unspecified atom stereocenters. The molecular formula is C14H21ClN4O2. The molecule has 1 aromatic rings. The smallest absolute Gasteiger partial charge is 0.322 e. The zero-order valence-corrected chi connectivity index (χ0v) is 13.1. The van der Waals surface area contributed by atoms with Gasteiger partial charge < -0.3 is 14.4 Å². The van der Waals surface area contributed by atoms with Gasteiger partial charge >= 0.3 is 6.01 Å². The zero-order chi connectivity index (χ0) is 14.7. The topological polar surface area (TPSA) is 60.4 Å². The maximum Gasteiger partial charge on any atom is 0.322 e. The summed E-state index contributed by atoms with van der Waals surface area (Å²) in [7, 11) is 0. The lowest BCUT2D eigenvalue weighted by atomic mass is 9.89. The van der Waals surface area contributed by atoms with Crippen LogP contribution in [0.15, 0.2) is 0 Å². The lowest BCUT2D eigenvalue weighted by Gasteiger charge is -2.28. The highest BCUT2D eigenvalue weighted by atomic mass is 35.5. The molecule has 0 N–H and O–H groups in total. The molecule has 2 fully saturated rings. The van der Waals surface area contributed by atoms with Crippen molar-refractivity contribution in [2.75, 3.05) is 31.2 Å². The number of rotatable bonds is 3. The average Bonchev–Trinajstić information content (AvgIpc) is 2.50. The Hall–Kier alpha value is -1.14. The van der Waals surface area contributed by atoms with Crippen molar-refractivity contribution >= 4 is 17.5 Å². The molecule has 2 aliphatic rings. The maximum absolute atomic E-state index is 6.01. The van der Waals surface area contributed by atoms with Crippen LogP contribution in [0.5, 0.6) is 6.01 Å². The second-order valence-electron chi connectivity index (χ2n) is 5.79. The van der Waals surface area contributed by atoms with Crippen LogP contribution in [-0.2, 0) is 4.74 Å². The Bertz CT molecular complexity index is 474. The van der Waals surface area contributed by atoms with Gasteiger partial charge in [-0.15, -0.1) is 0 Å². The number of hydrogen-bond acceptors (Lipinski definition) is 6. The number of aromatic nitrogens is 3. The summed E-state index contributed by atoms with van der Waals surface area (Å²) in [6.45, 7) is 5.17. The van der Waals surface area contributed by atoms with Gasteiger partial charge in [-0.3, -0.25) is 0 Å². The quantitative estimate of drug-likeness (QED) is 0.853. The summed E-state index contributed by atoms with van der Waals surface area (Å²) >= 11 is 6.01. The normalized spacial score (nSPS) is 26.7. The molecule has 1 saturated heterocycles. The fourth-order valence-electron chi connectivity index (χ4n) is 2.78. The van der Waals surface area contributed by atoms with Gasteiger partial charge in [-0.25, -0.2) is 0 Å². The Morgan fingerprint density at radius 1 is 1.10 bits per heavy atom. The second kappa shape index (κ2) is 6.75. The Morgan fingerprint density at radius 3 is 2.52 bits per heavy atom. The van der Waals surface area contributed by atoms with Gasteiger partial charge in [0, 0.05) is 13.1 Å². The van der Waals surface area contributed by atoms with Crippen molar-refractivity contribution in [1.82, 2.24) is 15.0 Å². The van der Waals surface area contributed by atoms with Gasteiger partial charge in [0.2, 0.25) is 11.2 Å². The lowest BCUT2D eigenvalue weighted by Crippen LogP contribution is -2.37. The van der Waals surface area contributed by atoms with Gasteiger partial charge in [-0.05, 0) is 43.2 Å². The maximum atomic E-state index is 6.01. The summed E-state index contributed by atoms with van der Waals surface area (Å²) in [6.07, 6.45) is 4.69. The Balaban J connectivity index is 1.68. The molecule has 0 atom stereocenters. The molecule has 7 heteroatoms. The zero-order valence-electron chi connectivity index (χ0n) is 12.3. The molecule has 116 valence electrons. The molecule has 2 heterocycles. The van der Waals surface area contributed by atoms with Crippen LogP contribution in [0.1, 0.15) is 32.6 Å². The predicted molar refractivity (Wildman–Crippen MR) is 79.9 cm³/mol. The van der Waals surface area contributed by atoms with Crippen molar-refractivity contribution in [1.29, 1.82) is 0 Å². The van der Waals surface area contributed by atoms with Crippen LogP contribution in [0.4, 0.5) is 5.95 Å². The fraction of sp³-hybridized carbons (Fsp3) is 0.786. The van der Waals surface area contributed by atoms with E-state index in [-0.39, 0.29) is 11.4 Å². The molecule has 0 spiro atoms. The van der Waals surface area contributed by atoms with Crippen molar-refractivity contribution in [2.45, 2.75) is 38.7 Å². The van der Waals surface area contributed by atoms with Gasteiger partial charge in [-0.2, -0.15) is 15.0 Å². The molecular weight excluding hydrogens is 292 g/mol. The van der Waals surface area contributed by atoms with Crippen LogP contribution in [0.2, 0.25) is 5.28 Å². The highest BCUT2D eigenvalue weighted by molar-refractivity contribution is 6.28. The van der Waals surface area contributed by atoms with Crippen molar-refractivity contribution in [3.8, 4) is 6.01 Å². The van der Waals surface area contributed by atoms with E-state index in [1.54, 1.807) is 0 Å². The molecule has 0 radical (unpaired) electrons. The Kier molecular flexibility index (Phi) is 4.75. The van der Waals surface area contributed by atoms with Gasteiger partial charge in [0.05, 0.1) is 13.2 Å². The Morgan fingerprint density at radius 2 is 1.81 bits per heavy atom. The highest BCUT2D eigenvalue weighted by Gasteiger charge is 2.22. The molecule has 3 rings (SSSR count). The minimum Gasteiger partial charge on any atom is -0.460 e. The van der Waals surface area contributed by atoms with Crippen molar-refractivity contribution < 1.29 is 9.47 Å². The third-order valence-electron chi connectivity index (χ3n) is 4.10. The predicted octanol–water partition coefficient (Wildman–Crippen LogP) is 2.32. The molecule has 1 aliphatic carbocycles. The molecule has 1 aromatic heterocycles. The summed E-state index contributed by atoms with van der Waals surface area (Å²) in [5.41, 5.74) is 0. The van der Waals surface area contributed by atoms with Crippen LogP contribution in [0.25, 0.3) is 0 Å². The van der Waals surface area contributed by atoms with E-state index in [2.05, 4.69) is 21.9 Å². The lowest BCUT2D eigenvalue weighted by molar-refractivity contribution is 0.118. The molecule has 0 amide bonds. The van der Waals surface area contributed by atoms with Crippen LogP contribution in [-0.4, -0.2) is 47.4 Å². The SMILES string of the molecule is CC1CCC(Oc2nc(Cl)nc(N3CCOCC3)n2)CC1. The van der Waals surface area contributed by atoms with Gasteiger partial charge in [0.15, 0.2) is 0 Å². The third-order valence-corrected chi connectivity index (χ3v) is 4.27. The first-order valence-electron chi connectivity index (χ1n) is 7.61. The molecule has 1 aliphatic heterocycles. The van der Waals surface area contributed by atoms with E-state index < -0.39 is 0 Å². The number of nitrogens with zero attached hydrogens (tertiary/aromatic N) is 4. The summed E-state index contributed by atoms with van der Waals surface area (Å²) < 4.78 is 11.2. The van der Waals surface area contributed by atoms with Crippen LogP contribution < -0.4 is 9.64 Å². The van der Waals surface area contributed by atoms with E-state index in [0.29, 0.717) is 25.2 Å². The van der Waals surface area contributed by atoms with Crippen molar-refractivity contribution in [3.05, 3.63) is 5.28 Å². The molecule has 1 saturated carbocycles. The van der Waals surface area contributed by atoms with Gasteiger partial charge in [0.1, 0.15) is 6.10 Å². The summed E-state index contributed by atoms with van der Waals surface area (Å²) in [5, 5.41) is 0.186. The number of halogens is 1. The number of anilines is 1. The van der Waals surface area contributed by atoms with E-state index in [0.717, 1.165) is 31.8 Å². The second-order valence-corrected chi connectivity index (χ2v) is 6.12. The number of ether oxygens (including phenoxy) is 2. The Labute approximate surface area is 129 Å². The van der Waals surface area contributed by atoms with Crippen LogP contribution >= 0.6 is 11.6 Å². The van der Waals surface area contributed by atoms with E-state index >= 15 is 0 Å². The van der Waals surface area contributed by atoms with Crippen molar-refractivity contribution in [2.24, 2.45) is 5.92 Å². The van der Waals surface area contributed by atoms with Crippen LogP contribution in [0, 0.1) is 5.92 Å². The molecule has 21 heavy (non-hydrogen) atoms. The third kappa shape index (κ3) is 3.95. The van der Waals surface area contributed by atoms with E-state index in [1.807, 2.05) is 4.90 Å². The first-order chi connectivity index (χ1) is 10.2. The first-order valence-corrected chi connectivity index (χ1v) is 7.99. The fourth-order valence-corrected chi connectivity index (χ4v) is 2.92. The summed E-state index contributed by atoms with van der Waals surface area (Å²) in [6, 6.07) is 0.344. The van der Waals surface area contributed by atoms with E-state index in [1.165, 1.54) is 12.8 Å². The average molecular weight is 313 g/mol. The first kappa shape index (κ1) is 14.8. The monoisotopic (exact) mass is 312 g/mol.